The first kappa shape index (κ1) is 29.2. The first-order valence-electron chi connectivity index (χ1n) is 11.0. The summed E-state index contributed by atoms with van der Waals surface area (Å²) < 4.78 is 10.9. The standard InChI is InChI=1S/C22H44N4O3.HI/c1-9-28-15-13-22(11-12-22)16-24-19(23-7)26(8)14-10-18(17(2)3)25-20(27)29-21(4,5)6;/h17-18H,9-16H2,1-8H3,(H,23,24)(H,25,27);1H. The molecule has 1 rings (SSSR count). The molecule has 0 aromatic heterocycles. The molecule has 0 aliphatic heterocycles. The third-order valence-corrected chi connectivity index (χ3v) is 5.42. The van der Waals surface area contributed by atoms with E-state index in [2.05, 4.69) is 34.4 Å². The van der Waals surface area contributed by atoms with Gasteiger partial charge < -0.3 is 25.0 Å². The van der Waals surface area contributed by atoms with Crippen LogP contribution in [-0.4, -0.2) is 69.0 Å². The van der Waals surface area contributed by atoms with Gasteiger partial charge in [-0.25, -0.2) is 4.79 Å². The van der Waals surface area contributed by atoms with Gasteiger partial charge in [-0.05, 0) is 64.7 Å². The minimum absolute atomic E-state index is 0. The molecule has 1 saturated carbocycles. The van der Waals surface area contributed by atoms with Crippen molar-refractivity contribution < 1.29 is 14.3 Å². The van der Waals surface area contributed by atoms with E-state index in [9.17, 15) is 4.79 Å². The molecular formula is C22H45IN4O3. The Morgan fingerprint density at radius 1 is 1.27 bits per heavy atom. The van der Waals surface area contributed by atoms with Crippen LogP contribution in [0.15, 0.2) is 4.99 Å². The number of halogens is 1. The summed E-state index contributed by atoms with van der Waals surface area (Å²) in [5.41, 5.74) is -0.125. The van der Waals surface area contributed by atoms with Crippen LogP contribution in [0.4, 0.5) is 4.79 Å². The second-order valence-electron chi connectivity index (χ2n) is 9.55. The van der Waals surface area contributed by atoms with E-state index >= 15 is 0 Å². The van der Waals surface area contributed by atoms with Crippen molar-refractivity contribution in [1.82, 2.24) is 15.5 Å². The zero-order valence-corrected chi connectivity index (χ0v) is 22.7. The van der Waals surface area contributed by atoms with Gasteiger partial charge in [-0.15, -0.1) is 24.0 Å². The molecule has 1 aliphatic carbocycles. The first-order chi connectivity index (χ1) is 13.5. The smallest absolute Gasteiger partial charge is 0.407 e. The average Bonchev–Trinajstić information content (AvgIpc) is 3.37. The van der Waals surface area contributed by atoms with Crippen molar-refractivity contribution in [2.45, 2.75) is 78.9 Å². The quantitative estimate of drug-likeness (QED) is 0.177. The molecule has 0 spiro atoms. The third-order valence-electron chi connectivity index (χ3n) is 5.42. The average molecular weight is 541 g/mol. The molecule has 2 N–H and O–H groups in total. The van der Waals surface area contributed by atoms with Crippen molar-refractivity contribution in [3.8, 4) is 0 Å². The van der Waals surface area contributed by atoms with Crippen LogP contribution < -0.4 is 10.6 Å². The summed E-state index contributed by atoms with van der Waals surface area (Å²) >= 11 is 0. The fourth-order valence-electron chi connectivity index (χ4n) is 3.25. The molecule has 1 unspecified atom stereocenters. The summed E-state index contributed by atoms with van der Waals surface area (Å²) in [5.74, 6) is 1.21. The monoisotopic (exact) mass is 540 g/mol. The highest BCUT2D eigenvalue weighted by Crippen LogP contribution is 2.48. The van der Waals surface area contributed by atoms with Crippen molar-refractivity contribution in [3.63, 3.8) is 0 Å². The van der Waals surface area contributed by atoms with E-state index in [1.807, 2.05) is 41.8 Å². The summed E-state index contributed by atoms with van der Waals surface area (Å²) in [6.07, 6.45) is 4.07. The molecule has 7 nitrogen and oxygen atoms in total. The zero-order valence-electron chi connectivity index (χ0n) is 20.3. The number of ether oxygens (including phenoxy) is 2. The molecule has 0 aromatic carbocycles. The van der Waals surface area contributed by atoms with Gasteiger partial charge >= 0.3 is 6.09 Å². The van der Waals surface area contributed by atoms with E-state index in [1.165, 1.54) is 12.8 Å². The number of hydrogen-bond donors (Lipinski definition) is 2. The molecule has 0 aromatic rings. The number of hydrogen-bond acceptors (Lipinski definition) is 4. The lowest BCUT2D eigenvalue weighted by Crippen LogP contribution is -2.46. The van der Waals surface area contributed by atoms with E-state index in [-0.39, 0.29) is 36.1 Å². The predicted molar refractivity (Wildman–Crippen MR) is 135 cm³/mol. The SMILES string of the molecule is CCOCCC1(CNC(=NC)N(C)CCC(NC(=O)OC(C)(C)C)C(C)C)CC1.I. The zero-order chi connectivity index (χ0) is 22.1. The number of alkyl carbamates (subject to hydrolysis) is 1. The van der Waals surface area contributed by atoms with Gasteiger partial charge in [0.15, 0.2) is 5.96 Å². The number of rotatable bonds is 11. The van der Waals surface area contributed by atoms with Crippen LogP contribution in [-0.2, 0) is 9.47 Å². The van der Waals surface area contributed by atoms with Gasteiger partial charge in [-0.3, -0.25) is 4.99 Å². The number of nitrogens with zero attached hydrogens (tertiary/aromatic N) is 2. The van der Waals surface area contributed by atoms with Crippen molar-refractivity contribution in [2.75, 3.05) is 40.4 Å². The van der Waals surface area contributed by atoms with Crippen LogP contribution in [0.25, 0.3) is 0 Å². The lowest BCUT2D eigenvalue weighted by Gasteiger charge is -2.29. The van der Waals surface area contributed by atoms with Crippen molar-refractivity contribution >= 4 is 36.0 Å². The Labute approximate surface area is 201 Å². The number of nitrogens with one attached hydrogen (secondary N) is 2. The van der Waals surface area contributed by atoms with Crippen LogP contribution in [0.1, 0.15) is 67.2 Å². The normalized spacial score (nSPS) is 16.5. The Balaban J connectivity index is 0.00000841. The highest BCUT2D eigenvalue weighted by molar-refractivity contribution is 14.0. The van der Waals surface area contributed by atoms with Crippen LogP contribution in [0.2, 0.25) is 0 Å². The number of carbonyl (C=O) groups is 1. The van der Waals surface area contributed by atoms with Crippen LogP contribution in [0, 0.1) is 11.3 Å². The molecule has 0 bridgehead atoms. The molecule has 1 aliphatic rings. The molecular weight excluding hydrogens is 495 g/mol. The van der Waals surface area contributed by atoms with Gasteiger partial charge in [0.2, 0.25) is 0 Å². The Morgan fingerprint density at radius 2 is 1.90 bits per heavy atom. The fourth-order valence-corrected chi connectivity index (χ4v) is 3.25. The summed E-state index contributed by atoms with van der Waals surface area (Å²) in [6.45, 7) is 15.2. The van der Waals surface area contributed by atoms with Crippen LogP contribution >= 0.6 is 24.0 Å². The minimum atomic E-state index is -0.491. The fraction of sp³-hybridized carbons (Fsp3) is 0.909. The molecule has 1 atom stereocenters. The predicted octanol–water partition coefficient (Wildman–Crippen LogP) is 4.26. The van der Waals surface area contributed by atoms with Gasteiger partial charge in [0.25, 0.3) is 0 Å². The van der Waals surface area contributed by atoms with Crippen LogP contribution in [0.5, 0.6) is 0 Å². The molecule has 0 heterocycles. The Bertz CT molecular complexity index is 531. The highest BCUT2D eigenvalue weighted by atomic mass is 127. The van der Waals surface area contributed by atoms with Gasteiger partial charge in [-0.1, -0.05) is 13.8 Å². The molecule has 0 saturated heterocycles. The topological polar surface area (TPSA) is 75.2 Å². The van der Waals surface area contributed by atoms with E-state index in [0.29, 0.717) is 11.3 Å². The van der Waals surface area contributed by atoms with E-state index in [1.54, 1.807) is 0 Å². The number of carbonyl (C=O) groups excluding carboxylic acids is 1. The van der Waals surface area contributed by atoms with E-state index in [4.69, 9.17) is 9.47 Å². The number of aliphatic imine (C=N–C) groups is 1. The molecule has 30 heavy (non-hydrogen) atoms. The van der Waals surface area contributed by atoms with Gasteiger partial charge in [0.05, 0.1) is 0 Å². The lowest BCUT2D eigenvalue weighted by molar-refractivity contribution is 0.0485. The van der Waals surface area contributed by atoms with Crippen molar-refractivity contribution in [2.24, 2.45) is 16.3 Å². The number of amides is 1. The molecule has 1 amide bonds. The Morgan fingerprint density at radius 3 is 2.37 bits per heavy atom. The summed E-state index contributed by atoms with van der Waals surface area (Å²) in [6, 6.07) is 0.0476. The second-order valence-corrected chi connectivity index (χ2v) is 9.55. The summed E-state index contributed by atoms with van der Waals surface area (Å²) in [5, 5.41) is 6.55. The molecule has 178 valence electrons. The molecule has 8 heteroatoms. The van der Waals surface area contributed by atoms with E-state index in [0.717, 1.165) is 45.1 Å². The highest BCUT2D eigenvalue weighted by Gasteiger charge is 2.42. The van der Waals surface area contributed by atoms with Gasteiger partial charge in [0.1, 0.15) is 5.60 Å². The maximum atomic E-state index is 12.1. The molecule has 1 fully saturated rings. The van der Waals surface area contributed by atoms with Crippen molar-refractivity contribution in [3.05, 3.63) is 0 Å². The first-order valence-corrected chi connectivity index (χ1v) is 11.0. The third kappa shape index (κ3) is 11.6. The Hall–Kier alpha value is -0.770. The van der Waals surface area contributed by atoms with E-state index < -0.39 is 5.60 Å². The summed E-state index contributed by atoms with van der Waals surface area (Å²) in [4.78, 5) is 18.7. The minimum Gasteiger partial charge on any atom is -0.444 e. The van der Waals surface area contributed by atoms with Gasteiger partial charge in [-0.2, -0.15) is 0 Å². The lowest BCUT2D eigenvalue weighted by atomic mass is 10.0. The maximum Gasteiger partial charge on any atom is 0.407 e. The second kappa shape index (κ2) is 13.6. The Kier molecular flexibility index (Phi) is 13.3. The maximum absolute atomic E-state index is 12.1. The van der Waals surface area contributed by atoms with Crippen LogP contribution in [0.3, 0.4) is 0 Å². The van der Waals surface area contributed by atoms with Gasteiger partial charge in [0, 0.05) is 46.4 Å². The largest absolute Gasteiger partial charge is 0.444 e. The van der Waals surface area contributed by atoms with Crippen molar-refractivity contribution in [1.29, 1.82) is 0 Å². The summed E-state index contributed by atoms with van der Waals surface area (Å²) in [7, 11) is 3.86. The number of guanidine groups is 1. The molecule has 0 radical (unpaired) electrons.